The third-order valence-corrected chi connectivity index (χ3v) is 7.05. The number of Topliss-reactive ketones (excluding diaryl/α,β-unsaturated/α-hetero) is 1. The van der Waals surface area contributed by atoms with Gasteiger partial charge in [0.25, 0.3) is 0 Å². The smallest absolute Gasteiger partial charge is 0.337 e. The number of dihydropyridines is 1. The molecular weight excluding hydrogens is 421 g/mol. The van der Waals surface area contributed by atoms with Crippen LogP contribution in [0.2, 0.25) is 10.0 Å². The van der Waals surface area contributed by atoms with Crippen molar-refractivity contribution >= 4 is 35.0 Å². The lowest BCUT2D eigenvalue weighted by molar-refractivity contribution is -0.144. The van der Waals surface area contributed by atoms with E-state index < -0.39 is 5.92 Å². The Balaban J connectivity index is 1.80. The first-order chi connectivity index (χ1) is 14.2. The Hall–Kier alpha value is -1.78. The van der Waals surface area contributed by atoms with Gasteiger partial charge in [-0.15, -0.1) is 0 Å². The summed E-state index contributed by atoms with van der Waals surface area (Å²) >= 11 is 12.4. The number of rotatable bonds is 3. The zero-order valence-corrected chi connectivity index (χ0v) is 19.1. The number of allylic oxidation sites excluding steroid dienone is 3. The second-order valence-electron chi connectivity index (χ2n) is 9.42. The summed E-state index contributed by atoms with van der Waals surface area (Å²) in [6.45, 7) is 6.06. The molecule has 0 unspecified atom stereocenters. The predicted octanol–water partition coefficient (Wildman–Crippen LogP) is 6.08. The highest BCUT2D eigenvalue weighted by molar-refractivity contribution is 6.42. The molecule has 0 amide bonds. The number of nitrogens with one attached hydrogen (secondary N) is 1. The molecule has 4 rings (SSSR count). The molecule has 1 atom stereocenters. The predicted molar refractivity (Wildman–Crippen MR) is 118 cm³/mol. The lowest BCUT2D eigenvalue weighted by Gasteiger charge is -2.39. The lowest BCUT2D eigenvalue weighted by atomic mass is 9.68. The Morgan fingerprint density at radius 2 is 1.83 bits per heavy atom. The summed E-state index contributed by atoms with van der Waals surface area (Å²) in [5, 5.41) is 4.21. The summed E-state index contributed by atoms with van der Waals surface area (Å²) in [6.07, 6.45) is 5.07. The lowest BCUT2D eigenvalue weighted by Crippen LogP contribution is -2.39. The van der Waals surface area contributed by atoms with Crippen molar-refractivity contribution < 1.29 is 14.3 Å². The molecule has 0 aromatic heterocycles. The van der Waals surface area contributed by atoms with Gasteiger partial charge in [-0.1, -0.05) is 43.1 Å². The second-order valence-corrected chi connectivity index (χ2v) is 10.2. The van der Waals surface area contributed by atoms with E-state index in [4.69, 9.17) is 27.9 Å². The van der Waals surface area contributed by atoms with E-state index in [1.54, 1.807) is 12.1 Å². The quantitative estimate of drug-likeness (QED) is 0.569. The highest BCUT2D eigenvalue weighted by atomic mass is 35.5. The standard InChI is InChI=1S/C24H27Cl2NO3/c1-13-20(23(29)30-15-6-4-5-7-15)21(14-8-9-16(25)17(26)10-14)22-18(27-13)11-24(2,3)12-19(22)28/h8-10,15,21,27H,4-7,11-12H2,1-3H3/t21-/m0/s1. The SMILES string of the molecule is CC1=C(C(=O)OC2CCCC2)[C@H](c2ccc(Cl)c(Cl)c2)C2=C(CC(C)(C)CC2=O)N1. The van der Waals surface area contributed by atoms with Gasteiger partial charge < -0.3 is 10.1 Å². The van der Waals surface area contributed by atoms with Crippen molar-refractivity contribution in [1.29, 1.82) is 0 Å². The van der Waals surface area contributed by atoms with Crippen molar-refractivity contribution in [2.45, 2.75) is 71.3 Å². The van der Waals surface area contributed by atoms with Crippen LogP contribution in [0.15, 0.2) is 40.7 Å². The van der Waals surface area contributed by atoms with Crippen molar-refractivity contribution in [2.75, 3.05) is 0 Å². The van der Waals surface area contributed by atoms with Gasteiger partial charge in [-0.05, 0) is 62.1 Å². The van der Waals surface area contributed by atoms with Gasteiger partial charge in [0.1, 0.15) is 6.10 Å². The Bertz CT molecular complexity index is 971. The van der Waals surface area contributed by atoms with Crippen LogP contribution in [0.25, 0.3) is 0 Å². The highest BCUT2D eigenvalue weighted by Crippen LogP contribution is 2.47. The molecule has 1 saturated carbocycles. The average molecular weight is 448 g/mol. The van der Waals surface area contributed by atoms with Crippen LogP contribution in [0.1, 0.15) is 70.8 Å². The molecule has 0 bridgehead atoms. The summed E-state index contributed by atoms with van der Waals surface area (Å²) in [5.74, 6) is -0.802. The molecule has 1 heterocycles. The van der Waals surface area contributed by atoms with E-state index in [0.717, 1.165) is 49.1 Å². The number of hydrogen-bond donors (Lipinski definition) is 1. The van der Waals surface area contributed by atoms with Gasteiger partial charge in [-0.2, -0.15) is 0 Å². The fourth-order valence-electron chi connectivity index (χ4n) is 4.95. The fraction of sp³-hybridized carbons (Fsp3) is 0.500. The first kappa shape index (κ1) is 21.5. The fourth-order valence-corrected chi connectivity index (χ4v) is 5.26. The summed E-state index contributed by atoms with van der Waals surface area (Å²) in [7, 11) is 0. The second kappa shape index (κ2) is 8.05. The highest BCUT2D eigenvalue weighted by Gasteiger charge is 2.43. The average Bonchev–Trinajstić information content (AvgIpc) is 3.14. The summed E-state index contributed by atoms with van der Waals surface area (Å²) < 4.78 is 5.85. The zero-order chi connectivity index (χ0) is 21.6. The largest absolute Gasteiger partial charge is 0.459 e. The van der Waals surface area contributed by atoms with Crippen molar-refractivity contribution in [2.24, 2.45) is 5.41 Å². The first-order valence-electron chi connectivity index (χ1n) is 10.6. The summed E-state index contributed by atoms with van der Waals surface area (Å²) in [6, 6.07) is 5.32. The van der Waals surface area contributed by atoms with Crippen LogP contribution in [0.3, 0.4) is 0 Å². The van der Waals surface area contributed by atoms with E-state index in [2.05, 4.69) is 19.2 Å². The molecule has 6 heteroatoms. The van der Waals surface area contributed by atoms with Gasteiger partial charge in [0.05, 0.1) is 15.6 Å². The maximum atomic E-state index is 13.3. The van der Waals surface area contributed by atoms with Crippen LogP contribution in [-0.2, 0) is 14.3 Å². The maximum absolute atomic E-state index is 13.3. The molecule has 1 aromatic rings. The summed E-state index contributed by atoms with van der Waals surface area (Å²) in [4.78, 5) is 26.6. The molecule has 4 nitrogen and oxygen atoms in total. The number of esters is 1. The number of hydrogen-bond acceptors (Lipinski definition) is 4. The molecule has 2 aliphatic carbocycles. The monoisotopic (exact) mass is 447 g/mol. The van der Waals surface area contributed by atoms with Gasteiger partial charge >= 0.3 is 5.97 Å². The Kier molecular flexibility index (Phi) is 5.75. The van der Waals surface area contributed by atoms with E-state index in [0.29, 0.717) is 27.6 Å². The molecule has 1 fully saturated rings. The zero-order valence-electron chi connectivity index (χ0n) is 17.6. The molecule has 0 saturated heterocycles. The molecular formula is C24H27Cl2NO3. The van der Waals surface area contributed by atoms with Crippen LogP contribution in [0.5, 0.6) is 0 Å². The third-order valence-electron chi connectivity index (χ3n) is 6.31. The van der Waals surface area contributed by atoms with Crippen LogP contribution < -0.4 is 5.32 Å². The molecule has 160 valence electrons. The van der Waals surface area contributed by atoms with Crippen molar-refractivity contribution in [3.05, 3.63) is 56.3 Å². The number of carbonyl (C=O) groups excluding carboxylic acids is 2. The van der Waals surface area contributed by atoms with Gasteiger partial charge in [0.15, 0.2) is 5.78 Å². The van der Waals surface area contributed by atoms with E-state index in [1.807, 2.05) is 13.0 Å². The summed E-state index contributed by atoms with van der Waals surface area (Å²) in [5.41, 5.74) is 3.42. The number of halogens is 2. The molecule has 1 aliphatic heterocycles. The Morgan fingerprint density at radius 3 is 2.50 bits per heavy atom. The Morgan fingerprint density at radius 1 is 1.13 bits per heavy atom. The topological polar surface area (TPSA) is 55.4 Å². The minimum atomic E-state index is -0.506. The minimum Gasteiger partial charge on any atom is -0.459 e. The van der Waals surface area contributed by atoms with E-state index in [9.17, 15) is 9.59 Å². The van der Waals surface area contributed by atoms with Crippen molar-refractivity contribution in [3.63, 3.8) is 0 Å². The van der Waals surface area contributed by atoms with Crippen LogP contribution in [-0.4, -0.2) is 17.9 Å². The maximum Gasteiger partial charge on any atom is 0.337 e. The molecule has 0 spiro atoms. The van der Waals surface area contributed by atoms with Crippen molar-refractivity contribution in [3.8, 4) is 0 Å². The molecule has 0 radical (unpaired) electrons. The van der Waals surface area contributed by atoms with Gasteiger partial charge in [0.2, 0.25) is 0 Å². The van der Waals surface area contributed by atoms with Gasteiger partial charge in [0, 0.05) is 29.3 Å². The normalized spacial score (nSPS) is 24.0. The van der Waals surface area contributed by atoms with Gasteiger partial charge in [-0.3, -0.25) is 4.79 Å². The molecule has 30 heavy (non-hydrogen) atoms. The number of ether oxygens (including phenoxy) is 1. The number of benzene rings is 1. The molecule has 1 N–H and O–H groups in total. The minimum absolute atomic E-state index is 0.0522. The van der Waals surface area contributed by atoms with E-state index in [-0.39, 0.29) is 23.3 Å². The number of carbonyl (C=O) groups is 2. The third kappa shape index (κ3) is 4.04. The first-order valence-corrected chi connectivity index (χ1v) is 11.3. The molecule has 1 aromatic carbocycles. The Labute approximate surface area is 187 Å². The van der Waals surface area contributed by atoms with E-state index in [1.165, 1.54) is 0 Å². The van der Waals surface area contributed by atoms with Crippen LogP contribution in [0.4, 0.5) is 0 Å². The van der Waals surface area contributed by atoms with Crippen LogP contribution in [0, 0.1) is 5.41 Å². The number of ketones is 1. The molecule has 3 aliphatic rings. The van der Waals surface area contributed by atoms with Crippen LogP contribution >= 0.6 is 23.2 Å². The van der Waals surface area contributed by atoms with E-state index >= 15 is 0 Å². The van der Waals surface area contributed by atoms with Gasteiger partial charge in [-0.25, -0.2) is 4.79 Å². The van der Waals surface area contributed by atoms with Crippen molar-refractivity contribution in [1.82, 2.24) is 5.32 Å².